The maximum absolute atomic E-state index is 11.5. The van der Waals surface area contributed by atoms with E-state index >= 15 is 0 Å². The Balaban J connectivity index is 1.42. The van der Waals surface area contributed by atoms with Gasteiger partial charge in [0.25, 0.3) is 5.56 Å². The van der Waals surface area contributed by atoms with Crippen LogP contribution in [0.5, 0.6) is 0 Å². The molecule has 0 atom stereocenters. The van der Waals surface area contributed by atoms with E-state index in [1.54, 1.807) is 16.7 Å². The van der Waals surface area contributed by atoms with Crippen LogP contribution in [-0.2, 0) is 6.54 Å². The highest BCUT2D eigenvalue weighted by atomic mass is 16.1. The quantitative estimate of drug-likeness (QED) is 0.745. The average molecular weight is 246 g/mol. The Hall–Kier alpha value is -1.09. The number of nitrogens with zero attached hydrogens (tertiary/aromatic N) is 1. The van der Waals surface area contributed by atoms with Crippen molar-refractivity contribution in [2.75, 3.05) is 13.1 Å². The standard InChI is InChI=1S/C15H22N2O/c18-15-3-1-2-9-17(15)10-8-16-11-14(12-4-5-12)13-6-7-13/h1-3,9,12-14,16H,4-8,10-11H2. The van der Waals surface area contributed by atoms with Crippen molar-refractivity contribution < 1.29 is 0 Å². The third-order valence-electron chi connectivity index (χ3n) is 4.26. The zero-order valence-corrected chi connectivity index (χ0v) is 10.8. The minimum absolute atomic E-state index is 0.0974. The molecule has 3 rings (SSSR count). The van der Waals surface area contributed by atoms with Crippen LogP contribution in [0.1, 0.15) is 25.7 Å². The molecule has 0 aliphatic heterocycles. The number of pyridine rings is 1. The first-order valence-electron chi connectivity index (χ1n) is 7.21. The molecular formula is C15H22N2O. The molecule has 1 aromatic heterocycles. The Bertz CT molecular complexity index is 434. The lowest BCUT2D eigenvalue weighted by Crippen LogP contribution is -2.30. The molecule has 98 valence electrons. The van der Waals surface area contributed by atoms with Crippen LogP contribution in [0.4, 0.5) is 0 Å². The van der Waals surface area contributed by atoms with Crippen molar-refractivity contribution in [2.45, 2.75) is 32.2 Å². The van der Waals surface area contributed by atoms with Gasteiger partial charge < -0.3 is 9.88 Å². The molecular weight excluding hydrogens is 224 g/mol. The molecule has 18 heavy (non-hydrogen) atoms. The van der Waals surface area contributed by atoms with Gasteiger partial charge in [-0.1, -0.05) is 6.07 Å². The number of rotatable bonds is 7. The molecule has 2 saturated carbocycles. The summed E-state index contributed by atoms with van der Waals surface area (Å²) in [7, 11) is 0. The van der Waals surface area contributed by atoms with Gasteiger partial charge in [-0.2, -0.15) is 0 Å². The van der Waals surface area contributed by atoms with Crippen molar-refractivity contribution in [1.29, 1.82) is 0 Å². The predicted molar refractivity (Wildman–Crippen MR) is 72.5 cm³/mol. The van der Waals surface area contributed by atoms with E-state index in [4.69, 9.17) is 0 Å². The Morgan fingerprint density at radius 3 is 2.56 bits per heavy atom. The highest BCUT2D eigenvalue weighted by Gasteiger charge is 2.40. The molecule has 0 amide bonds. The second kappa shape index (κ2) is 5.27. The molecule has 1 heterocycles. The monoisotopic (exact) mass is 246 g/mol. The van der Waals surface area contributed by atoms with Crippen LogP contribution < -0.4 is 10.9 Å². The lowest BCUT2D eigenvalue weighted by molar-refractivity contribution is 0.375. The van der Waals surface area contributed by atoms with Crippen molar-refractivity contribution in [2.24, 2.45) is 17.8 Å². The summed E-state index contributed by atoms with van der Waals surface area (Å²) >= 11 is 0. The van der Waals surface area contributed by atoms with E-state index in [9.17, 15) is 4.79 Å². The van der Waals surface area contributed by atoms with Crippen molar-refractivity contribution in [3.8, 4) is 0 Å². The van der Waals surface area contributed by atoms with Crippen molar-refractivity contribution in [1.82, 2.24) is 9.88 Å². The Kier molecular flexibility index (Phi) is 3.50. The van der Waals surface area contributed by atoms with Gasteiger partial charge in [0.05, 0.1) is 0 Å². The largest absolute Gasteiger partial charge is 0.315 e. The minimum atomic E-state index is 0.0974. The summed E-state index contributed by atoms with van der Waals surface area (Å²) in [6, 6.07) is 5.33. The third-order valence-corrected chi connectivity index (χ3v) is 4.26. The zero-order valence-electron chi connectivity index (χ0n) is 10.8. The van der Waals surface area contributed by atoms with Crippen molar-refractivity contribution in [3.05, 3.63) is 34.7 Å². The smallest absolute Gasteiger partial charge is 0.250 e. The molecule has 0 aromatic carbocycles. The van der Waals surface area contributed by atoms with Crippen molar-refractivity contribution in [3.63, 3.8) is 0 Å². The number of aromatic nitrogens is 1. The van der Waals surface area contributed by atoms with Crippen LogP contribution in [0, 0.1) is 17.8 Å². The molecule has 2 fully saturated rings. The number of nitrogens with one attached hydrogen (secondary N) is 1. The van der Waals surface area contributed by atoms with E-state index < -0.39 is 0 Å². The lowest BCUT2D eigenvalue weighted by Gasteiger charge is -2.16. The molecule has 3 nitrogen and oxygen atoms in total. The van der Waals surface area contributed by atoms with Gasteiger partial charge in [0.2, 0.25) is 0 Å². The van der Waals surface area contributed by atoms with E-state index in [1.165, 1.54) is 25.7 Å². The Labute approximate surface area is 108 Å². The predicted octanol–water partition coefficient (Wildman–Crippen LogP) is 1.87. The highest BCUT2D eigenvalue weighted by Crippen LogP contribution is 2.48. The fourth-order valence-corrected chi connectivity index (χ4v) is 2.88. The topological polar surface area (TPSA) is 34.0 Å². The molecule has 1 N–H and O–H groups in total. The van der Waals surface area contributed by atoms with Gasteiger partial charge in [-0.25, -0.2) is 0 Å². The van der Waals surface area contributed by atoms with Crippen LogP contribution in [0.3, 0.4) is 0 Å². The van der Waals surface area contributed by atoms with Gasteiger partial charge in [-0.15, -0.1) is 0 Å². The highest BCUT2D eigenvalue weighted by molar-refractivity contribution is 4.94. The molecule has 2 aliphatic rings. The van der Waals surface area contributed by atoms with Crippen LogP contribution >= 0.6 is 0 Å². The maximum atomic E-state index is 11.5. The second-order valence-electron chi connectivity index (χ2n) is 5.78. The first-order valence-corrected chi connectivity index (χ1v) is 7.21. The fourth-order valence-electron chi connectivity index (χ4n) is 2.88. The molecule has 0 radical (unpaired) electrons. The Morgan fingerprint density at radius 2 is 1.94 bits per heavy atom. The van der Waals surface area contributed by atoms with E-state index in [0.29, 0.717) is 0 Å². The number of hydrogen-bond acceptors (Lipinski definition) is 2. The van der Waals surface area contributed by atoms with Gasteiger partial charge in [0.15, 0.2) is 0 Å². The van der Waals surface area contributed by atoms with E-state index in [-0.39, 0.29) is 5.56 Å². The van der Waals surface area contributed by atoms with Crippen LogP contribution in [0.15, 0.2) is 29.2 Å². The summed E-state index contributed by atoms with van der Waals surface area (Å²) in [5.41, 5.74) is 0.0974. The van der Waals surface area contributed by atoms with Crippen LogP contribution in [-0.4, -0.2) is 17.7 Å². The zero-order chi connectivity index (χ0) is 12.4. The number of hydrogen-bond donors (Lipinski definition) is 1. The summed E-state index contributed by atoms with van der Waals surface area (Å²) in [6.45, 7) is 2.83. The third kappa shape index (κ3) is 3.02. The lowest BCUT2D eigenvalue weighted by atomic mass is 9.98. The molecule has 2 aliphatic carbocycles. The van der Waals surface area contributed by atoms with Gasteiger partial charge in [-0.3, -0.25) is 4.79 Å². The maximum Gasteiger partial charge on any atom is 0.250 e. The second-order valence-corrected chi connectivity index (χ2v) is 5.78. The van der Waals surface area contributed by atoms with Crippen LogP contribution in [0.25, 0.3) is 0 Å². The summed E-state index contributed by atoms with van der Waals surface area (Å²) in [5.74, 6) is 2.92. The van der Waals surface area contributed by atoms with Gasteiger partial charge in [0, 0.05) is 25.4 Å². The molecule has 0 unspecified atom stereocenters. The molecule has 0 spiro atoms. The first kappa shape index (κ1) is 12.0. The van der Waals surface area contributed by atoms with E-state index in [2.05, 4.69) is 5.32 Å². The average Bonchev–Trinajstić information content (AvgIpc) is 3.25. The summed E-state index contributed by atoms with van der Waals surface area (Å²) < 4.78 is 1.77. The summed E-state index contributed by atoms with van der Waals surface area (Å²) in [4.78, 5) is 11.5. The summed E-state index contributed by atoms with van der Waals surface area (Å²) in [5, 5.41) is 3.54. The molecule has 0 bridgehead atoms. The molecule has 0 saturated heterocycles. The SMILES string of the molecule is O=c1ccccn1CCNCC(C1CC1)C1CC1. The minimum Gasteiger partial charge on any atom is -0.315 e. The molecule has 1 aromatic rings. The van der Waals surface area contributed by atoms with Crippen molar-refractivity contribution >= 4 is 0 Å². The fraction of sp³-hybridized carbons (Fsp3) is 0.667. The molecule has 3 heteroatoms. The summed E-state index contributed by atoms with van der Waals surface area (Å²) in [6.07, 6.45) is 7.65. The van der Waals surface area contributed by atoms with Gasteiger partial charge in [-0.05, 0) is 56.0 Å². The van der Waals surface area contributed by atoms with Crippen LogP contribution in [0.2, 0.25) is 0 Å². The van der Waals surface area contributed by atoms with Gasteiger partial charge in [0.1, 0.15) is 0 Å². The van der Waals surface area contributed by atoms with E-state index in [1.807, 2.05) is 12.3 Å². The van der Waals surface area contributed by atoms with E-state index in [0.717, 1.165) is 37.4 Å². The normalized spacial score (nSPS) is 19.4. The first-order chi connectivity index (χ1) is 8.84. The van der Waals surface area contributed by atoms with Gasteiger partial charge >= 0.3 is 0 Å². The Morgan fingerprint density at radius 1 is 1.22 bits per heavy atom.